The molecule has 166 valence electrons. The predicted octanol–water partition coefficient (Wildman–Crippen LogP) is 3.56. The minimum atomic E-state index is -0.969. The number of rotatable bonds is 9. The molecule has 8 heteroatoms. The van der Waals surface area contributed by atoms with E-state index in [2.05, 4.69) is 33.8 Å². The SMILES string of the molecule is O=C(O)C[C@H](NC(=O)Cc1ccc(CCc2ccc3c(n2)NCCC3)s1)c1cccnc1. The van der Waals surface area contributed by atoms with E-state index in [0.717, 1.165) is 48.6 Å². The van der Waals surface area contributed by atoms with Gasteiger partial charge in [-0.25, -0.2) is 4.98 Å². The Labute approximate surface area is 190 Å². The molecule has 0 saturated heterocycles. The zero-order valence-electron chi connectivity index (χ0n) is 17.7. The molecule has 3 aromatic heterocycles. The fourth-order valence-corrected chi connectivity index (χ4v) is 4.84. The summed E-state index contributed by atoms with van der Waals surface area (Å²) in [6, 6.07) is 11.2. The minimum Gasteiger partial charge on any atom is -0.481 e. The molecule has 0 spiro atoms. The highest BCUT2D eigenvalue weighted by Gasteiger charge is 2.19. The Morgan fingerprint density at radius 3 is 2.84 bits per heavy atom. The standard InChI is InChI=1S/C24H26N4O3S/c29-22(28-21(14-23(30)31)17-4-1-11-25-15-17)13-20-10-9-19(32-20)8-7-18-6-5-16-3-2-12-26-24(16)27-18/h1,4-6,9-11,15,21H,2-3,7-8,12-14H2,(H,26,27)(H,28,29)(H,30,31)/t21-/m0/s1. The number of pyridine rings is 2. The Morgan fingerprint density at radius 1 is 1.16 bits per heavy atom. The molecule has 1 aliphatic rings. The number of carboxylic acids is 1. The molecule has 3 N–H and O–H groups in total. The van der Waals surface area contributed by atoms with Crippen LogP contribution in [0.25, 0.3) is 0 Å². The van der Waals surface area contributed by atoms with Crippen molar-refractivity contribution in [2.24, 2.45) is 0 Å². The van der Waals surface area contributed by atoms with Gasteiger partial charge in [-0.05, 0) is 61.1 Å². The van der Waals surface area contributed by atoms with Crippen molar-refractivity contribution < 1.29 is 14.7 Å². The summed E-state index contributed by atoms with van der Waals surface area (Å²) in [5, 5.41) is 15.4. The number of aromatic nitrogens is 2. The topological polar surface area (TPSA) is 104 Å². The monoisotopic (exact) mass is 450 g/mol. The van der Waals surface area contributed by atoms with Crippen molar-refractivity contribution >= 4 is 29.0 Å². The maximum Gasteiger partial charge on any atom is 0.305 e. The van der Waals surface area contributed by atoms with E-state index in [0.29, 0.717) is 5.56 Å². The quantitative estimate of drug-likeness (QED) is 0.461. The number of amides is 1. The Morgan fingerprint density at radius 2 is 2.03 bits per heavy atom. The van der Waals surface area contributed by atoms with Crippen LogP contribution in [0.15, 0.2) is 48.8 Å². The molecular weight excluding hydrogens is 424 g/mol. The summed E-state index contributed by atoms with van der Waals surface area (Å²) in [4.78, 5) is 34.7. The molecule has 32 heavy (non-hydrogen) atoms. The van der Waals surface area contributed by atoms with E-state index in [1.54, 1.807) is 35.9 Å². The molecule has 3 aromatic rings. The lowest BCUT2D eigenvalue weighted by Gasteiger charge is -2.17. The summed E-state index contributed by atoms with van der Waals surface area (Å²) < 4.78 is 0. The van der Waals surface area contributed by atoms with Crippen LogP contribution in [0, 0.1) is 0 Å². The van der Waals surface area contributed by atoms with E-state index in [-0.39, 0.29) is 18.7 Å². The Hall–Kier alpha value is -3.26. The molecule has 4 rings (SSSR count). The third kappa shape index (κ3) is 5.91. The number of anilines is 1. The minimum absolute atomic E-state index is 0.185. The number of aliphatic carboxylic acids is 1. The Kier molecular flexibility index (Phi) is 7.11. The van der Waals surface area contributed by atoms with Gasteiger partial charge in [-0.15, -0.1) is 11.3 Å². The summed E-state index contributed by atoms with van der Waals surface area (Å²) >= 11 is 1.61. The molecule has 1 amide bonds. The second kappa shape index (κ2) is 10.4. The average molecular weight is 451 g/mol. The number of fused-ring (bicyclic) bond motifs is 1. The van der Waals surface area contributed by atoms with Crippen molar-refractivity contribution in [2.75, 3.05) is 11.9 Å². The van der Waals surface area contributed by atoms with Crippen LogP contribution in [0.3, 0.4) is 0 Å². The number of thiophene rings is 1. The van der Waals surface area contributed by atoms with Crippen molar-refractivity contribution in [2.45, 2.75) is 44.6 Å². The van der Waals surface area contributed by atoms with Gasteiger partial charge in [0, 0.05) is 34.4 Å². The zero-order valence-corrected chi connectivity index (χ0v) is 18.5. The van der Waals surface area contributed by atoms with Gasteiger partial charge in [0.1, 0.15) is 5.82 Å². The van der Waals surface area contributed by atoms with Crippen LogP contribution in [-0.4, -0.2) is 33.5 Å². The van der Waals surface area contributed by atoms with Gasteiger partial charge in [-0.3, -0.25) is 14.6 Å². The number of hydrogen-bond acceptors (Lipinski definition) is 6. The third-order valence-corrected chi connectivity index (χ3v) is 6.58. The van der Waals surface area contributed by atoms with Crippen molar-refractivity contribution in [3.05, 3.63) is 75.4 Å². The first-order valence-electron chi connectivity index (χ1n) is 10.8. The second-order valence-corrected chi connectivity index (χ2v) is 9.14. The maximum atomic E-state index is 12.6. The van der Waals surface area contributed by atoms with Crippen molar-refractivity contribution in [1.29, 1.82) is 0 Å². The van der Waals surface area contributed by atoms with Gasteiger partial charge in [0.2, 0.25) is 5.91 Å². The van der Waals surface area contributed by atoms with E-state index in [1.165, 1.54) is 10.4 Å². The fourth-order valence-electron chi connectivity index (χ4n) is 3.82. The molecule has 7 nitrogen and oxygen atoms in total. The average Bonchev–Trinajstić information content (AvgIpc) is 3.24. The largest absolute Gasteiger partial charge is 0.481 e. The molecule has 4 heterocycles. The number of carbonyl (C=O) groups excluding carboxylic acids is 1. The van der Waals surface area contributed by atoms with E-state index in [1.807, 2.05) is 6.07 Å². The van der Waals surface area contributed by atoms with Gasteiger partial charge in [0.05, 0.1) is 18.9 Å². The summed E-state index contributed by atoms with van der Waals surface area (Å²) in [5.41, 5.74) is 3.04. The van der Waals surface area contributed by atoms with Gasteiger partial charge in [0.25, 0.3) is 0 Å². The van der Waals surface area contributed by atoms with Crippen LogP contribution in [0.4, 0.5) is 5.82 Å². The fraction of sp³-hybridized carbons (Fsp3) is 0.333. The lowest BCUT2D eigenvalue weighted by molar-refractivity contribution is -0.137. The van der Waals surface area contributed by atoms with Crippen molar-refractivity contribution in [3.63, 3.8) is 0 Å². The van der Waals surface area contributed by atoms with Crippen LogP contribution in [-0.2, 0) is 35.3 Å². The predicted molar refractivity (Wildman–Crippen MR) is 124 cm³/mol. The third-order valence-electron chi connectivity index (χ3n) is 5.43. The van der Waals surface area contributed by atoms with Gasteiger partial charge < -0.3 is 15.7 Å². The molecular formula is C24H26N4O3S. The summed E-state index contributed by atoms with van der Waals surface area (Å²) in [5.74, 6) is -0.152. The Balaban J connectivity index is 1.32. The maximum absolute atomic E-state index is 12.6. The van der Waals surface area contributed by atoms with E-state index >= 15 is 0 Å². The number of nitrogens with zero attached hydrogens (tertiary/aromatic N) is 2. The molecule has 0 unspecified atom stereocenters. The molecule has 0 saturated carbocycles. The van der Waals surface area contributed by atoms with Crippen LogP contribution in [0.1, 0.15) is 45.5 Å². The molecule has 0 aliphatic carbocycles. The van der Waals surface area contributed by atoms with Crippen LogP contribution in [0.2, 0.25) is 0 Å². The van der Waals surface area contributed by atoms with Gasteiger partial charge in [-0.2, -0.15) is 0 Å². The highest BCUT2D eigenvalue weighted by atomic mass is 32.1. The lowest BCUT2D eigenvalue weighted by atomic mass is 10.1. The Bertz CT molecular complexity index is 1080. The number of carbonyl (C=O) groups is 2. The van der Waals surface area contributed by atoms with Crippen LogP contribution >= 0.6 is 11.3 Å². The first kappa shape index (κ1) is 22.0. The first-order valence-corrected chi connectivity index (χ1v) is 11.6. The van der Waals surface area contributed by atoms with Crippen LogP contribution in [0.5, 0.6) is 0 Å². The first-order chi connectivity index (χ1) is 15.6. The highest BCUT2D eigenvalue weighted by molar-refractivity contribution is 7.12. The van der Waals surface area contributed by atoms with E-state index < -0.39 is 12.0 Å². The van der Waals surface area contributed by atoms with Gasteiger partial charge in [0.15, 0.2) is 0 Å². The van der Waals surface area contributed by atoms with E-state index in [4.69, 9.17) is 4.98 Å². The van der Waals surface area contributed by atoms with Crippen LogP contribution < -0.4 is 10.6 Å². The number of aryl methyl sites for hydroxylation is 3. The van der Waals surface area contributed by atoms with Gasteiger partial charge in [-0.1, -0.05) is 12.1 Å². The molecule has 1 atom stereocenters. The van der Waals surface area contributed by atoms with E-state index in [9.17, 15) is 14.7 Å². The molecule has 0 bridgehead atoms. The van der Waals surface area contributed by atoms with Gasteiger partial charge >= 0.3 is 5.97 Å². The zero-order chi connectivity index (χ0) is 22.3. The highest BCUT2D eigenvalue weighted by Crippen LogP contribution is 2.23. The second-order valence-electron chi connectivity index (χ2n) is 7.89. The smallest absolute Gasteiger partial charge is 0.305 e. The molecule has 1 aliphatic heterocycles. The normalized spacial score (nSPS) is 13.6. The summed E-state index contributed by atoms with van der Waals surface area (Å²) in [7, 11) is 0. The molecule has 0 fully saturated rings. The summed E-state index contributed by atoms with van der Waals surface area (Å²) in [6.45, 7) is 0.980. The molecule has 0 aromatic carbocycles. The molecule has 0 radical (unpaired) electrons. The number of carboxylic acid groups (broad SMARTS) is 1. The van der Waals surface area contributed by atoms with Crippen molar-refractivity contribution in [1.82, 2.24) is 15.3 Å². The number of hydrogen-bond donors (Lipinski definition) is 3. The number of nitrogens with one attached hydrogen (secondary N) is 2. The summed E-state index contributed by atoms with van der Waals surface area (Å²) in [6.07, 6.45) is 7.20. The van der Waals surface area contributed by atoms with Crippen molar-refractivity contribution in [3.8, 4) is 0 Å². The lowest BCUT2D eigenvalue weighted by Crippen LogP contribution is -2.31.